The number of methoxy groups -OCH3 is 2. The highest BCUT2D eigenvalue weighted by Crippen LogP contribution is 2.53. The quantitative estimate of drug-likeness (QED) is 0.452. The second kappa shape index (κ2) is 8.96. The van der Waals surface area contributed by atoms with E-state index in [2.05, 4.69) is 17.0 Å². The number of carbonyl (C=O) groups is 2. The number of thiocarbonyl (C=S) groups is 1. The fraction of sp³-hybridized carbons (Fsp3) is 0.320. The molecule has 1 saturated heterocycles. The lowest BCUT2D eigenvalue weighted by atomic mass is 9.96. The molecule has 176 valence electrons. The van der Waals surface area contributed by atoms with Gasteiger partial charge in [0.05, 0.1) is 19.1 Å². The largest absolute Gasteiger partial charge is 0.497 e. The van der Waals surface area contributed by atoms with E-state index in [-0.39, 0.29) is 10.2 Å². The first-order chi connectivity index (χ1) is 16.4. The SMILES string of the molecule is COc1cc(OC)cc(N2c3ccc(C=C4SC(=S)N(CC(=O)O)C4=O)cc3C3CCCC32)c1. The predicted molar refractivity (Wildman–Crippen MR) is 136 cm³/mol. The van der Waals surface area contributed by atoms with Gasteiger partial charge < -0.3 is 19.5 Å². The number of ether oxygens (including phenoxy) is 2. The maximum atomic E-state index is 12.7. The van der Waals surface area contributed by atoms with E-state index in [9.17, 15) is 9.59 Å². The number of thioether (sulfide) groups is 1. The van der Waals surface area contributed by atoms with Gasteiger partial charge in [-0.25, -0.2) is 0 Å². The van der Waals surface area contributed by atoms with Crippen LogP contribution in [0.2, 0.25) is 0 Å². The average Bonchev–Trinajstić information content (AvgIpc) is 3.48. The number of hydrogen-bond acceptors (Lipinski definition) is 7. The Balaban J connectivity index is 1.51. The van der Waals surface area contributed by atoms with Crippen molar-refractivity contribution in [1.29, 1.82) is 0 Å². The van der Waals surface area contributed by atoms with E-state index in [1.165, 1.54) is 5.56 Å². The first-order valence-electron chi connectivity index (χ1n) is 11.0. The van der Waals surface area contributed by atoms with Crippen LogP contribution in [0.3, 0.4) is 0 Å². The molecule has 2 aliphatic heterocycles. The van der Waals surface area contributed by atoms with Crippen LogP contribution in [0.5, 0.6) is 11.5 Å². The third-order valence-electron chi connectivity index (χ3n) is 6.60. The molecule has 3 aliphatic rings. The predicted octanol–water partition coefficient (Wildman–Crippen LogP) is 4.78. The molecule has 0 aromatic heterocycles. The van der Waals surface area contributed by atoms with Crippen molar-refractivity contribution < 1.29 is 24.2 Å². The second-order valence-electron chi connectivity index (χ2n) is 8.53. The van der Waals surface area contributed by atoms with Crippen LogP contribution < -0.4 is 14.4 Å². The Morgan fingerprint density at radius 2 is 1.91 bits per heavy atom. The summed E-state index contributed by atoms with van der Waals surface area (Å²) in [6.07, 6.45) is 5.18. The summed E-state index contributed by atoms with van der Waals surface area (Å²) in [5, 5.41) is 9.06. The fourth-order valence-corrected chi connectivity index (χ4v) is 6.41. The molecule has 9 heteroatoms. The average molecular weight is 497 g/mol. The van der Waals surface area contributed by atoms with E-state index in [0.29, 0.717) is 16.9 Å². The summed E-state index contributed by atoms with van der Waals surface area (Å²) in [6.45, 7) is -0.422. The Bertz CT molecular complexity index is 1210. The fourth-order valence-electron chi connectivity index (χ4n) is 5.16. The number of rotatable bonds is 6. The molecular weight excluding hydrogens is 472 g/mol. The summed E-state index contributed by atoms with van der Waals surface area (Å²) in [5.41, 5.74) is 4.36. The molecular formula is C25H24N2O5S2. The number of carbonyl (C=O) groups excluding carboxylic acids is 1. The Kier molecular flexibility index (Phi) is 5.99. The maximum Gasteiger partial charge on any atom is 0.323 e. The van der Waals surface area contributed by atoms with Gasteiger partial charge in [-0.05, 0) is 42.2 Å². The van der Waals surface area contributed by atoms with Crippen molar-refractivity contribution in [2.45, 2.75) is 31.2 Å². The summed E-state index contributed by atoms with van der Waals surface area (Å²) >= 11 is 6.36. The van der Waals surface area contributed by atoms with Crippen LogP contribution in [0.15, 0.2) is 41.3 Å². The first kappa shape index (κ1) is 22.7. The Hall–Kier alpha value is -3.04. The number of amides is 1. The summed E-state index contributed by atoms with van der Waals surface area (Å²) in [4.78, 5) is 27.7. The van der Waals surface area contributed by atoms with Gasteiger partial charge in [-0.15, -0.1) is 0 Å². The van der Waals surface area contributed by atoms with Crippen molar-refractivity contribution in [3.05, 3.63) is 52.4 Å². The van der Waals surface area contributed by atoms with Crippen molar-refractivity contribution >= 4 is 57.6 Å². The normalized spacial score (nSPS) is 22.4. The minimum atomic E-state index is -1.09. The number of nitrogens with zero attached hydrogens (tertiary/aromatic N) is 2. The van der Waals surface area contributed by atoms with Gasteiger partial charge >= 0.3 is 5.97 Å². The summed E-state index contributed by atoms with van der Waals surface area (Å²) in [5.74, 6) is 0.454. The minimum absolute atomic E-state index is 0.272. The molecule has 1 saturated carbocycles. The molecule has 7 nitrogen and oxygen atoms in total. The van der Waals surface area contributed by atoms with Crippen LogP contribution in [0.25, 0.3) is 6.08 Å². The van der Waals surface area contributed by atoms with Crippen molar-refractivity contribution in [3.8, 4) is 11.5 Å². The van der Waals surface area contributed by atoms with Gasteiger partial charge in [-0.1, -0.05) is 36.5 Å². The number of carboxylic acid groups (broad SMARTS) is 1. The van der Waals surface area contributed by atoms with Crippen molar-refractivity contribution in [2.24, 2.45) is 0 Å². The molecule has 2 heterocycles. The lowest BCUT2D eigenvalue weighted by Gasteiger charge is -2.28. The number of benzene rings is 2. The lowest BCUT2D eigenvalue weighted by Crippen LogP contribution is -2.33. The highest BCUT2D eigenvalue weighted by atomic mass is 32.2. The van der Waals surface area contributed by atoms with Gasteiger partial charge in [0, 0.05) is 41.5 Å². The third-order valence-corrected chi connectivity index (χ3v) is 7.98. The van der Waals surface area contributed by atoms with Crippen LogP contribution in [0.4, 0.5) is 11.4 Å². The zero-order valence-electron chi connectivity index (χ0n) is 18.8. The zero-order valence-corrected chi connectivity index (χ0v) is 20.4. The molecule has 0 radical (unpaired) electrons. The zero-order chi connectivity index (χ0) is 24.0. The molecule has 2 atom stereocenters. The van der Waals surface area contributed by atoms with E-state index in [1.54, 1.807) is 14.2 Å². The van der Waals surface area contributed by atoms with Crippen molar-refractivity contribution in [1.82, 2.24) is 4.90 Å². The van der Waals surface area contributed by atoms with Gasteiger partial charge in [0.25, 0.3) is 5.91 Å². The smallest absolute Gasteiger partial charge is 0.323 e. The number of carboxylic acids is 1. The molecule has 34 heavy (non-hydrogen) atoms. The van der Waals surface area contributed by atoms with Crippen molar-refractivity contribution in [3.63, 3.8) is 0 Å². The lowest BCUT2D eigenvalue weighted by molar-refractivity contribution is -0.140. The highest BCUT2D eigenvalue weighted by molar-refractivity contribution is 8.26. The molecule has 0 bridgehead atoms. The molecule has 1 aliphatic carbocycles. The maximum absolute atomic E-state index is 12.7. The molecule has 2 fully saturated rings. The molecule has 1 amide bonds. The second-order valence-corrected chi connectivity index (χ2v) is 10.2. The monoisotopic (exact) mass is 496 g/mol. The van der Waals surface area contributed by atoms with Gasteiger partial charge in [-0.2, -0.15) is 0 Å². The Labute approximate surface area is 207 Å². The molecule has 2 unspecified atom stereocenters. The molecule has 0 spiro atoms. The van der Waals surface area contributed by atoms with E-state index >= 15 is 0 Å². The topological polar surface area (TPSA) is 79.3 Å². The van der Waals surface area contributed by atoms with E-state index < -0.39 is 12.5 Å². The number of hydrogen-bond donors (Lipinski definition) is 1. The highest BCUT2D eigenvalue weighted by Gasteiger charge is 2.42. The molecule has 1 N–H and O–H groups in total. The number of aliphatic carboxylic acids is 1. The minimum Gasteiger partial charge on any atom is -0.497 e. The Morgan fingerprint density at radius 3 is 2.59 bits per heavy atom. The van der Waals surface area contributed by atoms with Gasteiger partial charge in [-0.3, -0.25) is 14.5 Å². The van der Waals surface area contributed by atoms with Crippen LogP contribution in [-0.4, -0.2) is 53.0 Å². The standard InChI is InChI=1S/C25H24N2O5S2/c1-31-16-10-15(11-17(12-16)32-2)27-20-5-3-4-18(20)19-8-14(6-7-21(19)27)9-22-24(30)26(13-23(28)29)25(33)34-22/h6-12,18,20H,3-5,13H2,1-2H3,(H,28,29). The summed E-state index contributed by atoms with van der Waals surface area (Å²) in [7, 11) is 3.31. The van der Waals surface area contributed by atoms with E-state index in [0.717, 1.165) is 64.4 Å². The van der Waals surface area contributed by atoms with Crippen molar-refractivity contribution in [2.75, 3.05) is 25.7 Å². The van der Waals surface area contributed by atoms with Gasteiger partial charge in [0.15, 0.2) is 0 Å². The number of anilines is 2. The van der Waals surface area contributed by atoms with Gasteiger partial charge in [0.1, 0.15) is 22.4 Å². The Morgan fingerprint density at radius 1 is 1.18 bits per heavy atom. The van der Waals surface area contributed by atoms with E-state index in [4.69, 9.17) is 26.8 Å². The third kappa shape index (κ3) is 3.92. The summed E-state index contributed by atoms with van der Waals surface area (Å²) < 4.78 is 11.3. The van der Waals surface area contributed by atoms with Crippen LogP contribution in [-0.2, 0) is 9.59 Å². The number of fused-ring (bicyclic) bond motifs is 3. The molecule has 5 rings (SSSR count). The molecule has 2 aromatic rings. The van der Waals surface area contributed by atoms with Crippen LogP contribution >= 0.6 is 24.0 Å². The van der Waals surface area contributed by atoms with Crippen LogP contribution in [0, 0.1) is 0 Å². The summed E-state index contributed by atoms with van der Waals surface area (Å²) in [6, 6.07) is 12.5. The van der Waals surface area contributed by atoms with Crippen LogP contribution in [0.1, 0.15) is 36.3 Å². The first-order valence-corrected chi connectivity index (χ1v) is 12.3. The van der Waals surface area contributed by atoms with Gasteiger partial charge in [0.2, 0.25) is 0 Å². The molecule has 2 aromatic carbocycles. The van der Waals surface area contributed by atoms with E-state index in [1.807, 2.05) is 30.3 Å².